The van der Waals surface area contributed by atoms with Crippen molar-refractivity contribution in [2.45, 2.75) is 12.6 Å². The van der Waals surface area contributed by atoms with Crippen LogP contribution < -0.4 is 4.72 Å². The molecule has 0 saturated heterocycles. The molecule has 0 unspecified atom stereocenters. The van der Waals surface area contributed by atoms with Crippen LogP contribution in [0.3, 0.4) is 0 Å². The third-order valence-electron chi connectivity index (χ3n) is 2.51. The minimum absolute atomic E-state index is 0.000363. The molecule has 0 saturated carbocycles. The fourth-order valence-electron chi connectivity index (χ4n) is 1.67. The molecule has 2 aromatic rings. The molecule has 0 atom stereocenters. The number of hydrogen-bond acceptors (Lipinski definition) is 6. The van der Waals surface area contributed by atoms with E-state index in [0.717, 1.165) is 17.1 Å². The minimum Gasteiger partial charge on any atom is -0.339 e. The molecule has 1 N–H and O–H groups in total. The average Bonchev–Trinajstić information content (AvgIpc) is 2.93. The molecule has 22 heavy (non-hydrogen) atoms. The Labute approximate surface area is 123 Å². The van der Waals surface area contributed by atoms with Crippen molar-refractivity contribution in [1.29, 1.82) is 0 Å². The molecule has 0 fully saturated rings. The zero-order valence-electron chi connectivity index (χ0n) is 11.5. The summed E-state index contributed by atoms with van der Waals surface area (Å²) in [4.78, 5) is 3.82. The van der Waals surface area contributed by atoms with Gasteiger partial charge in [-0.2, -0.15) is 23.3 Å². The first-order chi connectivity index (χ1) is 10.1. The summed E-state index contributed by atoms with van der Waals surface area (Å²) in [6.07, 6.45) is -2.47. The van der Waals surface area contributed by atoms with Gasteiger partial charge in [0.2, 0.25) is 21.7 Å². The maximum Gasteiger partial charge on any atom is 0.435 e. The number of hydrogen-bond donors (Lipinski definition) is 1. The highest BCUT2D eigenvalue weighted by atomic mass is 32.2. The van der Waals surface area contributed by atoms with Gasteiger partial charge in [0.1, 0.15) is 0 Å². The first-order valence-electron chi connectivity index (χ1n) is 5.94. The molecule has 0 aliphatic heterocycles. The lowest BCUT2D eigenvalue weighted by molar-refractivity contribution is -0.141. The Morgan fingerprint density at radius 2 is 2.09 bits per heavy atom. The molecule has 8 nitrogen and oxygen atoms in total. The number of nitrogens with zero attached hydrogens (tertiary/aromatic N) is 4. The van der Waals surface area contributed by atoms with E-state index in [9.17, 15) is 21.6 Å². The topological polar surface area (TPSA) is 103 Å². The maximum atomic E-state index is 12.8. The fourth-order valence-corrected chi connectivity index (χ4v) is 2.14. The van der Waals surface area contributed by atoms with Crippen molar-refractivity contribution in [1.82, 2.24) is 24.6 Å². The van der Waals surface area contributed by atoms with Crippen molar-refractivity contribution in [3.05, 3.63) is 17.8 Å². The van der Waals surface area contributed by atoms with Gasteiger partial charge in [0.15, 0.2) is 5.69 Å². The Hall–Kier alpha value is -1.95. The Kier molecular flexibility index (Phi) is 4.24. The third-order valence-corrected chi connectivity index (χ3v) is 3.24. The van der Waals surface area contributed by atoms with E-state index in [1.807, 2.05) is 0 Å². The Bertz CT molecular complexity index is 765. The summed E-state index contributed by atoms with van der Waals surface area (Å²) in [5.41, 5.74) is -1.42. The molecule has 0 aliphatic carbocycles. The quantitative estimate of drug-likeness (QED) is 0.855. The molecule has 0 amide bonds. The molecule has 0 spiro atoms. The SMILES string of the molecule is Cn1cc(-c2noc(CCNS(C)(=O)=O)n2)c(C(F)(F)F)n1. The van der Waals surface area contributed by atoms with Crippen LogP contribution in [0.1, 0.15) is 11.6 Å². The van der Waals surface area contributed by atoms with Gasteiger partial charge in [-0.1, -0.05) is 5.16 Å². The van der Waals surface area contributed by atoms with Gasteiger partial charge >= 0.3 is 6.18 Å². The average molecular weight is 339 g/mol. The first-order valence-corrected chi connectivity index (χ1v) is 7.84. The standard InChI is InChI=1S/C10H12F3N5O3S/c1-18-5-6(8(16-18)10(11,12)13)9-15-7(21-17-9)3-4-14-22(2,19)20/h5,14H,3-4H2,1-2H3. The lowest BCUT2D eigenvalue weighted by Gasteiger charge is -2.02. The van der Waals surface area contributed by atoms with Crippen molar-refractivity contribution in [2.75, 3.05) is 12.8 Å². The molecular weight excluding hydrogens is 327 g/mol. The van der Waals surface area contributed by atoms with E-state index in [2.05, 4.69) is 20.0 Å². The lowest BCUT2D eigenvalue weighted by atomic mass is 10.2. The van der Waals surface area contributed by atoms with E-state index in [4.69, 9.17) is 4.52 Å². The smallest absolute Gasteiger partial charge is 0.339 e. The summed E-state index contributed by atoms with van der Waals surface area (Å²) in [5, 5.41) is 6.81. The number of halogens is 3. The number of alkyl halides is 3. The van der Waals surface area contributed by atoms with Crippen molar-refractivity contribution in [3.63, 3.8) is 0 Å². The van der Waals surface area contributed by atoms with Crippen LogP contribution in [0.2, 0.25) is 0 Å². The zero-order chi connectivity index (χ0) is 16.5. The van der Waals surface area contributed by atoms with Gasteiger partial charge in [-0.05, 0) is 0 Å². The molecule has 122 valence electrons. The molecule has 0 aromatic carbocycles. The van der Waals surface area contributed by atoms with E-state index in [1.54, 1.807) is 0 Å². The van der Waals surface area contributed by atoms with E-state index < -0.39 is 21.9 Å². The molecule has 0 bridgehead atoms. The largest absolute Gasteiger partial charge is 0.435 e. The molecule has 2 heterocycles. The summed E-state index contributed by atoms with van der Waals surface area (Å²) in [5.74, 6) is -0.238. The Balaban J connectivity index is 2.18. The molecule has 0 radical (unpaired) electrons. The number of aromatic nitrogens is 4. The second-order valence-electron chi connectivity index (χ2n) is 4.49. The highest BCUT2D eigenvalue weighted by molar-refractivity contribution is 7.88. The molecular formula is C10H12F3N5O3S. The van der Waals surface area contributed by atoms with E-state index in [0.29, 0.717) is 0 Å². The Morgan fingerprint density at radius 1 is 1.41 bits per heavy atom. The number of aryl methyl sites for hydroxylation is 1. The van der Waals surface area contributed by atoms with Crippen LogP contribution in [-0.4, -0.2) is 41.1 Å². The van der Waals surface area contributed by atoms with Crippen LogP contribution in [-0.2, 0) is 29.7 Å². The number of nitrogens with one attached hydrogen (secondary N) is 1. The van der Waals surface area contributed by atoms with Crippen LogP contribution in [0.5, 0.6) is 0 Å². The highest BCUT2D eigenvalue weighted by Gasteiger charge is 2.38. The van der Waals surface area contributed by atoms with Crippen molar-refractivity contribution >= 4 is 10.0 Å². The van der Waals surface area contributed by atoms with Gasteiger partial charge in [-0.25, -0.2) is 13.1 Å². The van der Waals surface area contributed by atoms with E-state index in [-0.39, 0.29) is 30.2 Å². The van der Waals surface area contributed by atoms with Gasteiger partial charge in [0.25, 0.3) is 0 Å². The molecule has 12 heteroatoms. The third kappa shape index (κ3) is 4.04. The summed E-state index contributed by atoms with van der Waals surface area (Å²) in [6.45, 7) is -0.000363. The van der Waals surface area contributed by atoms with Gasteiger partial charge < -0.3 is 4.52 Å². The second-order valence-corrected chi connectivity index (χ2v) is 6.32. The van der Waals surface area contributed by atoms with Crippen LogP contribution in [0.15, 0.2) is 10.7 Å². The minimum atomic E-state index is -4.64. The summed E-state index contributed by atoms with van der Waals surface area (Å²) < 4.78 is 68.3. The highest BCUT2D eigenvalue weighted by Crippen LogP contribution is 2.34. The first kappa shape index (κ1) is 16.4. The number of rotatable bonds is 5. The normalized spacial score (nSPS) is 12.8. The predicted molar refractivity (Wildman–Crippen MR) is 68.1 cm³/mol. The van der Waals surface area contributed by atoms with Crippen LogP contribution in [0, 0.1) is 0 Å². The van der Waals surface area contributed by atoms with Gasteiger partial charge in [-0.15, -0.1) is 0 Å². The fraction of sp³-hybridized carbons (Fsp3) is 0.500. The van der Waals surface area contributed by atoms with Gasteiger partial charge in [0, 0.05) is 26.2 Å². The Morgan fingerprint density at radius 3 is 2.68 bits per heavy atom. The number of sulfonamides is 1. The van der Waals surface area contributed by atoms with Crippen LogP contribution in [0.25, 0.3) is 11.4 Å². The molecule has 2 rings (SSSR count). The van der Waals surface area contributed by atoms with Gasteiger partial charge in [0.05, 0.1) is 11.8 Å². The monoisotopic (exact) mass is 339 g/mol. The predicted octanol–water partition coefficient (Wildman–Crippen LogP) is 0.581. The van der Waals surface area contributed by atoms with Crippen LogP contribution in [0.4, 0.5) is 13.2 Å². The van der Waals surface area contributed by atoms with Gasteiger partial charge in [-0.3, -0.25) is 4.68 Å². The molecule has 2 aromatic heterocycles. The zero-order valence-corrected chi connectivity index (χ0v) is 12.4. The van der Waals surface area contributed by atoms with E-state index in [1.165, 1.54) is 7.05 Å². The summed E-state index contributed by atoms with van der Waals surface area (Å²) in [7, 11) is -2.02. The van der Waals surface area contributed by atoms with Crippen molar-refractivity contribution in [2.24, 2.45) is 7.05 Å². The van der Waals surface area contributed by atoms with E-state index >= 15 is 0 Å². The summed E-state index contributed by atoms with van der Waals surface area (Å²) in [6, 6.07) is 0. The maximum absolute atomic E-state index is 12.8. The molecule has 0 aliphatic rings. The van der Waals surface area contributed by atoms with Crippen molar-refractivity contribution in [3.8, 4) is 11.4 Å². The van der Waals surface area contributed by atoms with Crippen molar-refractivity contribution < 1.29 is 26.1 Å². The van der Waals surface area contributed by atoms with Crippen LogP contribution >= 0.6 is 0 Å². The lowest BCUT2D eigenvalue weighted by Crippen LogP contribution is -2.24. The summed E-state index contributed by atoms with van der Waals surface area (Å²) >= 11 is 0. The second kappa shape index (κ2) is 5.68.